The van der Waals surface area contributed by atoms with Gasteiger partial charge in [-0.05, 0) is 24.6 Å². The third kappa shape index (κ3) is 4.25. The molecule has 2 heterocycles. The normalized spacial score (nSPS) is 20.1. The van der Waals surface area contributed by atoms with Crippen LogP contribution in [0.3, 0.4) is 0 Å². The van der Waals surface area contributed by atoms with Gasteiger partial charge in [0.05, 0.1) is 23.3 Å². The zero-order chi connectivity index (χ0) is 19.8. The summed E-state index contributed by atoms with van der Waals surface area (Å²) in [5, 5.41) is 2.58. The monoisotopic (exact) mass is 389 g/mol. The number of likely N-dealkylation sites (tertiary alicyclic amines) is 1. The van der Waals surface area contributed by atoms with Crippen molar-refractivity contribution in [3.63, 3.8) is 0 Å². The van der Waals surface area contributed by atoms with Crippen molar-refractivity contribution in [3.05, 3.63) is 29.6 Å². The number of nitrogens with zero attached hydrogens (tertiary/aromatic N) is 2. The molecule has 0 aliphatic carbocycles. The van der Waals surface area contributed by atoms with Crippen LogP contribution in [0.4, 0.5) is 28.0 Å². The molecule has 10 heteroatoms. The van der Waals surface area contributed by atoms with Gasteiger partial charge >= 0.3 is 12.3 Å². The topological polar surface area (TPSA) is 61.9 Å². The quantitative estimate of drug-likeness (QED) is 0.786. The zero-order valence-corrected chi connectivity index (χ0v) is 14.6. The number of alkyl halides is 3. The van der Waals surface area contributed by atoms with Crippen LogP contribution in [-0.4, -0.2) is 55.7 Å². The Bertz CT molecular complexity index is 735. The van der Waals surface area contributed by atoms with Gasteiger partial charge in [-0.25, -0.2) is 9.18 Å². The van der Waals surface area contributed by atoms with Gasteiger partial charge in [-0.3, -0.25) is 4.79 Å². The number of carbonyl (C=O) groups excluding carboxylic acids is 2. The molecular formula is C17H19F4N3O3. The number of hydrogen-bond donors (Lipinski definition) is 1. The van der Waals surface area contributed by atoms with E-state index in [-0.39, 0.29) is 36.7 Å². The highest BCUT2D eigenvalue weighted by atomic mass is 19.4. The molecular weight excluding hydrogens is 370 g/mol. The van der Waals surface area contributed by atoms with Gasteiger partial charge < -0.3 is 19.9 Å². The van der Waals surface area contributed by atoms with Crippen molar-refractivity contribution in [2.24, 2.45) is 0 Å². The lowest BCUT2D eigenvalue weighted by atomic mass is 10.0. The standard InChI is InChI=1S/C17H19F4N3O3/c1-23(14-6-10(17(19,20)21)2-4-13(14)18)12-7-24(8-12)15(25)5-3-11-9-27-16(26)22-11/h2,4,6,11-12H,3,5,7-9H2,1H3,(H,22,26)/t11-/m1/s1. The van der Waals surface area contributed by atoms with Crippen molar-refractivity contribution in [1.82, 2.24) is 10.2 Å². The van der Waals surface area contributed by atoms with E-state index in [1.165, 1.54) is 11.9 Å². The van der Waals surface area contributed by atoms with Crippen LogP contribution < -0.4 is 10.2 Å². The first-order chi connectivity index (χ1) is 12.6. The summed E-state index contributed by atoms with van der Waals surface area (Å²) >= 11 is 0. The van der Waals surface area contributed by atoms with E-state index in [4.69, 9.17) is 4.74 Å². The van der Waals surface area contributed by atoms with Crippen LogP contribution in [0, 0.1) is 5.82 Å². The van der Waals surface area contributed by atoms with Gasteiger partial charge in [0.15, 0.2) is 0 Å². The number of halogens is 4. The molecule has 1 aromatic carbocycles. The van der Waals surface area contributed by atoms with Gasteiger partial charge in [-0.2, -0.15) is 13.2 Å². The molecule has 148 valence electrons. The highest BCUT2D eigenvalue weighted by Crippen LogP contribution is 2.34. The van der Waals surface area contributed by atoms with Gasteiger partial charge in [-0.15, -0.1) is 0 Å². The van der Waals surface area contributed by atoms with E-state index in [0.717, 1.165) is 12.1 Å². The number of carbonyl (C=O) groups is 2. The Labute approximate surface area is 153 Å². The molecule has 1 N–H and O–H groups in total. The Kier molecular flexibility index (Phi) is 5.16. The van der Waals surface area contributed by atoms with Crippen molar-refractivity contribution < 1.29 is 31.9 Å². The number of anilines is 1. The van der Waals surface area contributed by atoms with Crippen molar-refractivity contribution in [1.29, 1.82) is 0 Å². The average molecular weight is 389 g/mol. The second kappa shape index (κ2) is 7.24. The number of nitrogens with one attached hydrogen (secondary N) is 1. The molecule has 2 saturated heterocycles. The first-order valence-corrected chi connectivity index (χ1v) is 8.46. The minimum Gasteiger partial charge on any atom is -0.447 e. The van der Waals surface area contributed by atoms with E-state index in [2.05, 4.69) is 5.32 Å². The molecule has 1 atom stereocenters. The largest absolute Gasteiger partial charge is 0.447 e. The molecule has 1 aromatic rings. The fourth-order valence-electron chi connectivity index (χ4n) is 3.10. The number of ether oxygens (including phenoxy) is 1. The molecule has 2 amide bonds. The number of hydrogen-bond acceptors (Lipinski definition) is 4. The summed E-state index contributed by atoms with van der Waals surface area (Å²) in [7, 11) is 1.51. The first-order valence-electron chi connectivity index (χ1n) is 8.46. The van der Waals surface area contributed by atoms with E-state index < -0.39 is 23.7 Å². The van der Waals surface area contributed by atoms with E-state index in [1.807, 2.05) is 0 Å². The number of alkyl carbamates (subject to hydrolysis) is 1. The predicted octanol–water partition coefficient (Wildman–Crippen LogP) is 2.38. The molecule has 2 fully saturated rings. The molecule has 3 rings (SSSR count). The van der Waals surface area contributed by atoms with Gasteiger partial charge in [0.25, 0.3) is 0 Å². The maximum absolute atomic E-state index is 14.0. The highest BCUT2D eigenvalue weighted by Gasteiger charge is 2.36. The van der Waals surface area contributed by atoms with E-state index in [0.29, 0.717) is 25.6 Å². The molecule has 0 saturated carbocycles. The SMILES string of the molecule is CN(c1cc(C(F)(F)F)ccc1F)C1CN(C(=O)CC[C@@H]2COC(=O)N2)C1. The van der Waals surface area contributed by atoms with Gasteiger partial charge in [0.1, 0.15) is 12.4 Å². The maximum Gasteiger partial charge on any atom is 0.416 e. The lowest BCUT2D eigenvalue weighted by Gasteiger charge is -2.45. The summed E-state index contributed by atoms with van der Waals surface area (Å²) in [6.07, 6.45) is -4.38. The second-order valence-corrected chi connectivity index (χ2v) is 6.71. The third-order valence-corrected chi connectivity index (χ3v) is 4.86. The van der Waals surface area contributed by atoms with Gasteiger partial charge in [0.2, 0.25) is 5.91 Å². The molecule has 6 nitrogen and oxygen atoms in total. The van der Waals surface area contributed by atoms with Crippen LogP contribution in [0.15, 0.2) is 18.2 Å². The molecule has 2 aliphatic heterocycles. The van der Waals surface area contributed by atoms with Crippen LogP contribution in [0.5, 0.6) is 0 Å². The van der Waals surface area contributed by atoms with Crippen molar-refractivity contribution in [2.75, 3.05) is 31.6 Å². The van der Waals surface area contributed by atoms with E-state index in [9.17, 15) is 27.2 Å². The molecule has 0 aromatic heterocycles. The Balaban J connectivity index is 1.53. The number of amides is 2. The van der Waals surface area contributed by atoms with Crippen molar-refractivity contribution >= 4 is 17.7 Å². The molecule has 27 heavy (non-hydrogen) atoms. The van der Waals surface area contributed by atoms with Crippen molar-refractivity contribution in [2.45, 2.75) is 31.1 Å². The molecule has 0 spiro atoms. The molecule has 0 unspecified atom stereocenters. The van der Waals surface area contributed by atoms with Gasteiger partial charge in [0, 0.05) is 26.6 Å². The Morgan fingerprint density at radius 2 is 2.07 bits per heavy atom. The first kappa shape index (κ1) is 19.2. The summed E-state index contributed by atoms with van der Waals surface area (Å²) < 4.78 is 57.2. The van der Waals surface area contributed by atoms with Crippen molar-refractivity contribution in [3.8, 4) is 0 Å². The number of rotatable bonds is 5. The number of benzene rings is 1. The van der Waals surface area contributed by atoms with Crippen LogP contribution in [0.1, 0.15) is 18.4 Å². The van der Waals surface area contributed by atoms with Crippen LogP contribution >= 0.6 is 0 Å². The highest BCUT2D eigenvalue weighted by molar-refractivity contribution is 5.78. The molecule has 2 aliphatic rings. The van der Waals surface area contributed by atoms with Crippen LogP contribution in [0.25, 0.3) is 0 Å². The summed E-state index contributed by atoms with van der Waals surface area (Å²) in [6.45, 7) is 0.837. The lowest BCUT2D eigenvalue weighted by Crippen LogP contribution is -2.60. The zero-order valence-electron chi connectivity index (χ0n) is 14.6. The smallest absolute Gasteiger partial charge is 0.416 e. The minimum absolute atomic E-state index is 0.120. The number of cyclic esters (lactones) is 1. The van der Waals surface area contributed by atoms with E-state index >= 15 is 0 Å². The maximum atomic E-state index is 14.0. The second-order valence-electron chi connectivity index (χ2n) is 6.71. The number of likely N-dealkylation sites (N-methyl/N-ethyl adjacent to an activating group) is 1. The summed E-state index contributed by atoms with van der Waals surface area (Å²) in [4.78, 5) is 26.1. The average Bonchev–Trinajstić information content (AvgIpc) is 2.96. The van der Waals surface area contributed by atoms with Gasteiger partial charge in [-0.1, -0.05) is 0 Å². The Morgan fingerprint density at radius 3 is 2.67 bits per heavy atom. The van der Waals surface area contributed by atoms with Crippen LogP contribution in [-0.2, 0) is 15.7 Å². The summed E-state index contributed by atoms with van der Waals surface area (Å²) in [6, 6.07) is 1.83. The Hall–Kier alpha value is -2.52. The summed E-state index contributed by atoms with van der Waals surface area (Å²) in [5.41, 5.74) is -1.06. The molecule has 0 radical (unpaired) electrons. The fraction of sp³-hybridized carbons (Fsp3) is 0.529. The Morgan fingerprint density at radius 1 is 1.37 bits per heavy atom. The third-order valence-electron chi connectivity index (χ3n) is 4.86. The summed E-state index contributed by atoms with van der Waals surface area (Å²) in [5.74, 6) is -0.863. The van der Waals surface area contributed by atoms with E-state index in [1.54, 1.807) is 4.90 Å². The fourth-order valence-corrected chi connectivity index (χ4v) is 3.10. The lowest BCUT2D eigenvalue weighted by molar-refractivity contribution is -0.137. The van der Waals surface area contributed by atoms with Crippen LogP contribution in [0.2, 0.25) is 0 Å². The minimum atomic E-state index is -4.55. The molecule has 0 bridgehead atoms. The predicted molar refractivity (Wildman–Crippen MR) is 87.7 cm³/mol.